The summed E-state index contributed by atoms with van der Waals surface area (Å²) in [5, 5.41) is 0.791. The molecule has 0 saturated carbocycles. The highest BCUT2D eigenvalue weighted by atomic mass is 35.5. The van der Waals surface area contributed by atoms with Crippen molar-refractivity contribution in [3.63, 3.8) is 0 Å². The smallest absolute Gasteiger partial charge is 0.266 e. The number of amides is 1. The van der Waals surface area contributed by atoms with Crippen LogP contribution in [0, 0.1) is 0 Å². The number of halogens is 1. The highest BCUT2D eigenvalue weighted by molar-refractivity contribution is 8.18. The Morgan fingerprint density at radius 1 is 1.44 bits per heavy atom. The Hall–Kier alpha value is -0.780. The summed E-state index contributed by atoms with van der Waals surface area (Å²) in [4.78, 5) is 19.9. The van der Waals surface area contributed by atoms with E-state index < -0.39 is 0 Å². The maximum atomic E-state index is 12.2. The van der Waals surface area contributed by atoms with Crippen LogP contribution in [0.3, 0.4) is 0 Å². The number of thioether (sulfide) groups is 1. The maximum Gasteiger partial charge on any atom is 0.266 e. The summed E-state index contributed by atoms with van der Waals surface area (Å²) >= 11 is 8.78. The molecule has 0 spiro atoms. The van der Waals surface area contributed by atoms with E-state index in [0.717, 1.165) is 14.4 Å². The van der Waals surface area contributed by atoms with Gasteiger partial charge in [0.15, 0.2) is 5.17 Å². The van der Waals surface area contributed by atoms with E-state index in [4.69, 9.17) is 11.6 Å². The van der Waals surface area contributed by atoms with Crippen LogP contribution in [0.4, 0.5) is 0 Å². The van der Waals surface area contributed by atoms with Gasteiger partial charge in [0.05, 0.1) is 9.24 Å². The van der Waals surface area contributed by atoms with Gasteiger partial charge in [0.1, 0.15) is 0 Å². The number of rotatable bonds is 3. The fraction of sp³-hybridized carbons (Fsp3) is 0.333. The first-order chi connectivity index (χ1) is 8.65. The first-order valence-electron chi connectivity index (χ1n) is 5.67. The molecule has 1 fully saturated rings. The van der Waals surface area contributed by atoms with Gasteiger partial charge in [-0.15, -0.1) is 11.3 Å². The van der Waals surface area contributed by atoms with Gasteiger partial charge in [0.2, 0.25) is 0 Å². The first kappa shape index (κ1) is 13.6. The molecule has 18 heavy (non-hydrogen) atoms. The molecular formula is C12H13ClN2OS2. The third-order valence-electron chi connectivity index (χ3n) is 2.37. The van der Waals surface area contributed by atoms with E-state index in [0.29, 0.717) is 18.0 Å². The average Bonchev–Trinajstić information content (AvgIpc) is 2.86. The van der Waals surface area contributed by atoms with Crippen LogP contribution in [0.1, 0.15) is 18.7 Å². The van der Waals surface area contributed by atoms with Crippen LogP contribution in [0.5, 0.6) is 0 Å². The van der Waals surface area contributed by atoms with Crippen LogP contribution in [0.2, 0.25) is 4.34 Å². The second-order valence-corrected chi connectivity index (χ2v) is 6.31. The Morgan fingerprint density at radius 3 is 2.78 bits per heavy atom. The van der Waals surface area contributed by atoms with Gasteiger partial charge in [-0.05, 0) is 43.8 Å². The van der Waals surface area contributed by atoms with Gasteiger partial charge in [-0.3, -0.25) is 14.7 Å². The summed E-state index contributed by atoms with van der Waals surface area (Å²) in [6.07, 6.45) is 1.88. The van der Waals surface area contributed by atoms with E-state index in [1.807, 2.05) is 32.1 Å². The summed E-state index contributed by atoms with van der Waals surface area (Å²) in [5.74, 6) is 0.0271. The molecule has 3 nitrogen and oxygen atoms in total. The highest BCUT2D eigenvalue weighted by Crippen LogP contribution is 2.34. The Labute approximate surface area is 120 Å². The molecule has 6 heteroatoms. The zero-order valence-corrected chi connectivity index (χ0v) is 12.5. The molecule has 1 aliphatic heterocycles. The van der Waals surface area contributed by atoms with E-state index in [2.05, 4.69) is 4.99 Å². The average molecular weight is 301 g/mol. The molecule has 1 saturated heterocycles. The first-order valence-corrected chi connectivity index (χ1v) is 7.68. The van der Waals surface area contributed by atoms with Crippen molar-refractivity contribution in [3.05, 3.63) is 26.3 Å². The molecule has 0 aromatic carbocycles. The van der Waals surface area contributed by atoms with Crippen molar-refractivity contribution >= 4 is 51.9 Å². The van der Waals surface area contributed by atoms with Gasteiger partial charge < -0.3 is 0 Å². The summed E-state index contributed by atoms with van der Waals surface area (Å²) in [6.45, 7) is 5.25. The van der Waals surface area contributed by atoms with Crippen LogP contribution < -0.4 is 0 Å². The summed E-state index contributed by atoms with van der Waals surface area (Å²) in [7, 11) is 0. The maximum absolute atomic E-state index is 12.2. The molecule has 0 unspecified atom stereocenters. The lowest BCUT2D eigenvalue weighted by Crippen LogP contribution is -2.28. The van der Waals surface area contributed by atoms with Gasteiger partial charge in [0.25, 0.3) is 5.91 Å². The fourth-order valence-electron chi connectivity index (χ4n) is 1.58. The lowest BCUT2D eigenvalue weighted by Gasteiger charge is -2.11. The standard InChI is InChI=1S/C12H13ClN2OS2/c1-3-14-12-15(4-2)11(16)9(18-12)7-8-5-6-10(13)17-8/h5-7H,3-4H2,1-2H3/b9-7-,14-12?. The predicted octanol–water partition coefficient (Wildman–Crippen LogP) is 3.71. The van der Waals surface area contributed by atoms with Crippen LogP contribution >= 0.6 is 34.7 Å². The molecule has 2 rings (SSSR count). The van der Waals surface area contributed by atoms with Crippen LogP contribution in [-0.2, 0) is 4.79 Å². The topological polar surface area (TPSA) is 32.7 Å². The van der Waals surface area contributed by atoms with Gasteiger partial charge in [-0.1, -0.05) is 11.6 Å². The van der Waals surface area contributed by atoms with E-state index in [-0.39, 0.29) is 5.91 Å². The van der Waals surface area contributed by atoms with Gasteiger partial charge >= 0.3 is 0 Å². The van der Waals surface area contributed by atoms with E-state index >= 15 is 0 Å². The molecule has 0 bridgehead atoms. The molecule has 0 aliphatic carbocycles. The molecule has 0 atom stereocenters. The quantitative estimate of drug-likeness (QED) is 0.797. The number of aliphatic imine (C=N–C) groups is 1. The largest absolute Gasteiger partial charge is 0.287 e. The molecule has 2 heterocycles. The zero-order chi connectivity index (χ0) is 13.1. The minimum Gasteiger partial charge on any atom is -0.287 e. The van der Waals surface area contributed by atoms with Crippen molar-refractivity contribution < 1.29 is 4.79 Å². The molecule has 0 N–H and O–H groups in total. The number of hydrogen-bond acceptors (Lipinski definition) is 4. The highest BCUT2D eigenvalue weighted by Gasteiger charge is 2.31. The second-order valence-electron chi connectivity index (χ2n) is 3.56. The van der Waals surface area contributed by atoms with E-state index in [9.17, 15) is 4.79 Å². The Bertz CT molecular complexity index is 522. The van der Waals surface area contributed by atoms with Crippen molar-refractivity contribution in [3.8, 4) is 0 Å². The molecule has 1 aromatic heterocycles. The van der Waals surface area contributed by atoms with Crippen molar-refractivity contribution in [1.82, 2.24) is 4.90 Å². The lowest BCUT2D eigenvalue weighted by atomic mass is 10.4. The van der Waals surface area contributed by atoms with E-state index in [1.54, 1.807) is 4.90 Å². The lowest BCUT2D eigenvalue weighted by molar-refractivity contribution is -0.122. The van der Waals surface area contributed by atoms with Gasteiger partial charge in [-0.2, -0.15) is 0 Å². The Morgan fingerprint density at radius 2 is 2.22 bits per heavy atom. The minimum absolute atomic E-state index is 0.0271. The molecule has 96 valence electrons. The number of amidine groups is 1. The predicted molar refractivity (Wildman–Crippen MR) is 80.3 cm³/mol. The number of thiophene rings is 1. The van der Waals surface area contributed by atoms with Crippen LogP contribution in [-0.4, -0.2) is 29.1 Å². The zero-order valence-electron chi connectivity index (χ0n) is 10.1. The number of nitrogens with zero attached hydrogens (tertiary/aromatic N) is 2. The molecule has 1 aliphatic rings. The number of carbonyl (C=O) groups is 1. The third-order valence-corrected chi connectivity index (χ3v) is 4.59. The fourth-order valence-corrected chi connectivity index (χ4v) is 3.75. The summed E-state index contributed by atoms with van der Waals surface area (Å²) < 4.78 is 0.729. The summed E-state index contributed by atoms with van der Waals surface area (Å²) in [5.41, 5.74) is 0. The normalized spacial score (nSPS) is 20.4. The molecule has 1 aromatic rings. The van der Waals surface area contributed by atoms with Crippen molar-refractivity contribution in [1.29, 1.82) is 0 Å². The molecule has 0 radical (unpaired) electrons. The van der Waals surface area contributed by atoms with Crippen molar-refractivity contribution in [2.24, 2.45) is 4.99 Å². The monoisotopic (exact) mass is 300 g/mol. The van der Waals surface area contributed by atoms with Gasteiger partial charge in [0, 0.05) is 18.0 Å². The second kappa shape index (κ2) is 5.91. The minimum atomic E-state index is 0.0271. The molecular weight excluding hydrogens is 288 g/mol. The van der Waals surface area contributed by atoms with Gasteiger partial charge in [-0.25, -0.2) is 0 Å². The number of carbonyl (C=O) groups excluding carboxylic acids is 1. The Kier molecular flexibility index (Phi) is 4.48. The Balaban J connectivity index is 2.28. The summed E-state index contributed by atoms with van der Waals surface area (Å²) in [6, 6.07) is 3.75. The van der Waals surface area contributed by atoms with Crippen molar-refractivity contribution in [2.75, 3.05) is 13.1 Å². The van der Waals surface area contributed by atoms with Crippen LogP contribution in [0.15, 0.2) is 22.0 Å². The molecule has 1 amide bonds. The van der Waals surface area contributed by atoms with E-state index in [1.165, 1.54) is 23.1 Å². The SMILES string of the molecule is CCN=C1S/C(=C\c2ccc(Cl)s2)C(=O)N1CC. The number of hydrogen-bond donors (Lipinski definition) is 0. The number of likely N-dealkylation sites (N-methyl/N-ethyl adjacent to an activating group) is 1. The van der Waals surface area contributed by atoms with Crippen LogP contribution in [0.25, 0.3) is 6.08 Å². The third kappa shape index (κ3) is 2.79. The van der Waals surface area contributed by atoms with Crippen molar-refractivity contribution in [2.45, 2.75) is 13.8 Å².